The quantitative estimate of drug-likeness (QED) is 0.663. The molecule has 0 radical (unpaired) electrons. The van der Waals surface area contributed by atoms with Gasteiger partial charge in [-0.15, -0.1) is 0 Å². The number of likely N-dealkylation sites (tertiary alicyclic amines) is 2. The maximum atomic E-state index is 13.5. The fourth-order valence-electron chi connectivity index (χ4n) is 6.45. The van der Waals surface area contributed by atoms with Crippen molar-refractivity contribution in [3.8, 4) is 11.5 Å². The van der Waals surface area contributed by atoms with Crippen LogP contribution in [0.3, 0.4) is 0 Å². The minimum atomic E-state index is 0.133. The summed E-state index contributed by atoms with van der Waals surface area (Å²) in [5.74, 6) is 1.54. The highest BCUT2D eigenvalue weighted by molar-refractivity contribution is 5.95. The summed E-state index contributed by atoms with van der Waals surface area (Å²) >= 11 is 0. The predicted octanol–water partition coefficient (Wildman–Crippen LogP) is 4.99. The molecule has 2 bridgehead atoms. The Bertz CT molecular complexity index is 813. The molecule has 0 unspecified atom stereocenters. The summed E-state index contributed by atoms with van der Waals surface area (Å²) in [7, 11) is 1.66. The number of carbonyl (C=O) groups is 1. The van der Waals surface area contributed by atoms with Gasteiger partial charge in [0.15, 0.2) is 11.5 Å². The first-order chi connectivity index (χ1) is 14.6. The van der Waals surface area contributed by atoms with E-state index in [9.17, 15) is 4.79 Å². The average molecular weight is 429 g/mol. The molecule has 3 fully saturated rings. The Balaban J connectivity index is 1.49. The highest BCUT2D eigenvalue weighted by Gasteiger charge is 2.51. The number of methoxy groups -OCH3 is 1. The van der Waals surface area contributed by atoms with Crippen LogP contribution in [0.5, 0.6) is 11.5 Å². The Kier molecular flexibility index (Phi) is 6.01. The standard InChI is InChI=1S/C26H40N2O3/c1-18(2)27-11-9-21(10-12-27)31-23-13-19(7-8-22(23)30-6)24(29)28-17-26(5)15-20(28)14-25(3,4)16-26/h7-8,13,18,20-21H,9-12,14-17H2,1-6H3/t20-,26-/m1/s1. The molecule has 1 aliphatic carbocycles. The number of hydrogen-bond acceptors (Lipinski definition) is 4. The molecule has 2 aliphatic heterocycles. The highest BCUT2D eigenvalue weighted by Crippen LogP contribution is 2.52. The van der Waals surface area contributed by atoms with Gasteiger partial charge in [-0.1, -0.05) is 20.8 Å². The second kappa shape index (κ2) is 8.31. The number of nitrogens with zero attached hydrogens (tertiary/aromatic N) is 2. The van der Waals surface area contributed by atoms with E-state index in [1.807, 2.05) is 18.2 Å². The molecule has 31 heavy (non-hydrogen) atoms. The van der Waals surface area contributed by atoms with Crippen LogP contribution >= 0.6 is 0 Å². The number of amides is 1. The summed E-state index contributed by atoms with van der Waals surface area (Å²) in [5, 5.41) is 0. The normalized spacial score (nSPS) is 28.7. The van der Waals surface area contributed by atoms with Gasteiger partial charge in [0.05, 0.1) is 7.11 Å². The molecular weight excluding hydrogens is 388 g/mol. The second-order valence-corrected chi connectivity index (χ2v) is 11.5. The Morgan fingerprint density at radius 1 is 1.10 bits per heavy atom. The van der Waals surface area contributed by atoms with Crippen LogP contribution in [-0.4, -0.2) is 60.6 Å². The maximum Gasteiger partial charge on any atom is 0.254 e. The molecule has 1 saturated carbocycles. The highest BCUT2D eigenvalue weighted by atomic mass is 16.5. The van der Waals surface area contributed by atoms with Crippen LogP contribution in [0.25, 0.3) is 0 Å². The van der Waals surface area contributed by atoms with Crippen LogP contribution < -0.4 is 9.47 Å². The van der Waals surface area contributed by atoms with E-state index in [4.69, 9.17) is 9.47 Å². The van der Waals surface area contributed by atoms with Gasteiger partial charge in [-0.3, -0.25) is 4.79 Å². The van der Waals surface area contributed by atoms with E-state index in [0.29, 0.717) is 34.6 Å². The van der Waals surface area contributed by atoms with Crippen molar-refractivity contribution >= 4 is 5.91 Å². The Morgan fingerprint density at radius 2 is 1.81 bits per heavy atom. The topological polar surface area (TPSA) is 42.0 Å². The summed E-state index contributed by atoms with van der Waals surface area (Å²) in [5.41, 5.74) is 1.24. The third kappa shape index (κ3) is 4.72. The molecule has 0 N–H and O–H groups in total. The summed E-state index contributed by atoms with van der Waals surface area (Å²) < 4.78 is 11.9. The summed E-state index contributed by atoms with van der Waals surface area (Å²) in [6.45, 7) is 14.5. The molecule has 5 heteroatoms. The van der Waals surface area contributed by atoms with E-state index in [1.54, 1.807) is 7.11 Å². The fourth-order valence-corrected chi connectivity index (χ4v) is 6.45. The first-order valence-electron chi connectivity index (χ1n) is 12.0. The number of carbonyl (C=O) groups excluding carboxylic acids is 1. The Morgan fingerprint density at radius 3 is 2.45 bits per heavy atom. The van der Waals surface area contributed by atoms with Crippen LogP contribution in [0.4, 0.5) is 0 Å². The number of rotatable bonds is 5. The largest absolute Gasteiger partial charge is 0.493 e. The van der Waals surface area contributed by atoms with E-state index < -0.39 is 0 Å². The maximum absolute atomic E-state index is 13.5. The van der Waals surface area contributed by atoms with Crippen LogP contribution in [0, 0.1) is 10.8 Å². The first kappa shape index (κ1) is 22.4. The molecule has 4 rings (SSSR count). The molecule has 2 heterocycles. The fraction of sp³-hybridized carbons (Fsp3) is 0.731. The number of benzene rings is 1. The van der Waals surface area contributed by atoms with E-state index in [0.717, 1.165) is 45.3 Å². The van der Waals surface area contributed by atoms with Gasteiger partial charge < -0.3 is 19.3 Å². The van der Waals surface area contributed by atoms with E-state index in [-0.39, 0.29) is 17.4 Å². The van der Waals surface area contributed by atoms with Crippen molar-refractivity contribution in [1.82, 2.24) is 9.80 Å². The molecule has 3 aliphatic rings. The molecular formula is C26H40N2O3. The van der Waals surface area contributed by atoms with E-state index in [1.165, 1.54) is 6.42 Å². The van der Waals surface area contributed by atoms with E-state index >= 15 is 0 Å². The lowest BCUT2D eigenvalue weighted by Gasteiger charge is -2.39. The van der Waals surface area contributed by atoms with Gasteiger partial charge in [-0.05, 0) is 75.0 Å². The molecule has 2 atom stereocenters. The van der Waals surface area contributed by atoms with Gasteiger partial charge >= 0.3 is 0 Å². The minimum absolute atomic E-state index is 0.133. The van der Waals surface area contributed by atoms with Crippen LogP contribution in [0.2, 0.25) is 0 Å². The average Bonchev–Trinajstić information content (AvgIpc) is 2.96. The zero-order chi connectivity index (χ0) is 22.4. The van der Waals surface area contributed by atoms with Crippen molar-refractivity contribution in [1.29, 1.82) is 0 Å². The lowest BCUT2D eigenvalue weighted by molar-refractivity contribution is 0.0702. The number of fused-ring (bicyclic) bond motifs is 2. The monoisotopic (exact) mass is 428 g/mol. The van der Waals surface area contributed by atoms with Gasteiger partial charge in [0.2, 0.25) is 0 Å². The minimum Gasteiger partial charge on any atom is -0.493 e. The van der Waals surface area contributed by atoms with E-state index in [2.05, 4.69) is 44.4 Å². The number of hydrogen-bond donors (Lipinski definition) is 0. The van der Waals surface area contributed by atoms with Gasteiger partial charge in [-0.2, -0.15) is 0 Å². The lowest BCUT2D eigenvalue weighted by Crippen LogP contribution is -2.41. The molecule has 0 spiro atoms. The number of ether oxygens (including phenoxy) is 2. The zero-order valence-corrected chi connectivity index (χ0v) is 20.2. The molecule has 1 aromatic rings. The third-order valence-corrected chi connectivity index (χ3v) is 7.59. The molecule has 1 amide bonds. The Hall–Kier alpha value is -1.75. The van der Waals surface area contributed by atoms with Crippen molar-refractivity contribution in [3.05, 3.63) is 23.8 Å². The third-order valence-electron chi connectivity index (χ3n) is 7.59. The van der Waals surface area contributed by atoms with Crippen molar-refractivity contribution in [2.75, 3.05) is 26.7 Å². The first-order valence-corrected chi connectivity index (χ1v) is 12.0. The summed E-state index contributed by atoms with van der Waals surface area (Å²) in [4.78, 5) is 18.1. The van der Waals surface area contributed by atoms with Gasteiger partial charge in [0.25, 0.3) is 5.91 Å². The lowest BCUT2D eigenvalue weighted by atomic mass is 9.65. The van der Waals surface area contributed by atoms with Crippen LogP contribution in [0.15, 0.2) is 18.2 Å². The predicted molar refractivity (Wildman–Crippen MR) is 124 cm³/mol. The SMILES string of the molecule is COc1ccc(C(=O)N2C[C@]3(C)C[C@H]2CC(C)(C)C3)cc1OC1CCN(C(C)C)CC1. The van der Waals surface area contributed by atoms with Crippen molar-refractivity contribution < 1.29 is 14.3 Å². The Labute approximate surface area is 188 Å². The van der Waals surface area contributed by atoms with Gasteiger partial charge in [-0.25, -0.2) is 0 Å². The van der Waals surface area contributed by atoms with Crippen LogP contribution in [-0.2, 0) is 0 Å². The molecule has 172 valence electrons. The summed E-state index contributed by atoms with van der Waals surface area (Å²) in [6.07, 6.45) is 5.56. The zero-order valence-electron chi connectivity index (χ0n) is 20.2. The van der Waals surface area contributed by atoms with Crippen molar-refractivity contribution in [2.24, 2.45) is 10.8 Å². The van der Waals surface area contributed by atoms with Crippen molar-refractivity contribution in [2.45, 2.75) is 84.9 Å². The molecule has 5 nitrogen and oxygen atoms in total. The number of piperidine rings is 1. The van der Waals surface area contributed by atoms with Gasteiger partial charge in [0.1, 0.15) is 6.10 Å². The van der Waals surface area contributed by atoms with Crippen LogP contribution in [0.1, 0.15) is 77.1 Å². The second-order valence-electron chi connectivity index (χ2n) is 11.5. The smallest absolute Gasteiger partial charge is 0.254 e. The molecule has 0 aromatic heterocycles. The van der Waals surface area contributed by atoms with Crippen molar-refractivity contribution in [3.63, 3.8) is 0 Å². The summed E-state index contributed by atoms with van der Waals surface area (Å²) in [6, 6.07) is 6.60. The molecule has 1 aromatic carbocycles. The molecule has 2 saturated heterocycles. The van der Waals surface area contributed by atoms with Gasteiger partial charge in [0, 0.05) is 37.3 Å².